The minimum atomic E-state index is -0.655. The first-order valence-electron chi connectivity index (χ1n) is 10.5. The van der Waals surface area contributed by atoms with Crippen molar-refractivity contribution >= 4 is 50.9 Å². The van der Waals surface area contributed by atoms with E-state index in [1.54, 1.807) is 36.4 Å². The number of amides is 2. The molecule has 4 rings (SSSR count). The number of carbonyl (C=O) groups excluding carboxylic acids is 2. The summed E-state index contributed by atoms with van der Waals surface area (Å²) in [4.78, 5) is 26.3. The normalized spacial score (nSPS) is 11.5. The summed E-state index contributed by atoms with van der Waals surface area (Å²) in [5.41, 5.74) is 1.28. The minimum Gasteiger partial charge on any atom is -0.322 e. The van der Waals surface area contributed by atoms with Gasteiger partial charge in [-0.25, -0.2) is 8.78 Å². The second-order valence-corrected chi connectivity index (χ2v) is 9.57. The molecule has 4 aromatic rings. The van der Waals surface area contributed by atoms with Crippen LogP contribution in [0.1, 0.15) is 21.2 Å². The van der Waals surface area contributed by atoms with Crippen molar-refractivity contribution in [1.82, 2.24) is 0 Å². The van der Waals surface area contributed by atoms with Gasteiger partial charge in [0.05, 0.1) is 11.3 Å². The Labute approximate surface area is 213 Å². The van der Waals surface area contributed by atoms with Crippen molar-refractivity contribution in [2.45, 2.75) is 10.1 Å². The van der Waals surface area contributed by atoms with E-state index < -0.39 is 22.8 Å². The van der Waals surface area contributed by atoms with Gasteiger partial charge in [-0.05, 0) is 60.2 Å². The summed E-state index contributed by atoms with van der Waals surface area (Å²) in [5, 5.41) is 4.68. The van der Waals surface area contributed by atoms with E-state index in [1.165, 1.54) is 42.1 Å². The molecule has 176 valence electrons. The number of hydrogen-bond donors (Lipinski definition) is 2. The Balaban J connectivity index is 1.50. The lowest BCUT2D eigenvalue weighted by Gasteiger charge is -2.18. The molecule has 0 bridgehead atoms. The Hall–Kier alpha value is -3.49. The van der Waals surface area contributed by atoms with Crippen LogP contribution < -0.4 is 10.6 Å². The molecule has 1 unspecified atom stereocenters. The predicted octanol–water partition coefficient (Wildman–Crippen LogP) is 7.45. The summed E-state index contributed by atoms with van der Waals surface area (Å²) in [7, 11) is 0. The van der Waals surface area contributed by atoms with Crippen LogP contribution in [0.4, 0.5) is 20.2 Å². The summed E-state index contributed by atoms with van der Waals surface area (Å²) >= 11 is 4.50. The number of thioether (sulfide) groups is 1. The molecule has 1 atom stereocenters. The van der Waals surface area contributed by atoms with Crippen molar-refractivity contribution in [3.63, 3.8) is 0 Å². The SMILES string of the molecule is O=C(Nc1ccc(SC(C(=O)Nc2ccc(Br)cc2F)c2ccccc2)cc1)c1ccccc1F. The standard InChI is InChI=1S/C27H19BrF2N2O2S/c28-18-10-15-24(23(30)16-18)32-27(34)25(17-6-2-1-3-7-17)35-20-13-11-19(12-14-20)31-26(33)21-8-4-5-9-22(21)29/h1-16,25H,(H,31,33)(H,32,34). The lowest BCUT2D eigenvalue weighted by atomic mass is 10.1. The maximum atomic E-state index is 14.3. The quantitative estimate of drug-likeness (QED) is 0.234. The highest BCUT2D eigenvalue weighted by atomic mass is 79.9. The van der Waals surface area contributed by atoms with Crippen LogP contribution in [0.25, 0.3) is 0 Å². The molecular weight excluding hydrogens is 534 g/mol. The van der Waals surface area contributed by atoms with Crippen molar-refractivity contribution in [1.29, 1.82) is 0 Å². The number of benzene rings is 4. The fourth-order valence-electron chi connectivity index (χ4n) is 3.29. The zero-order valence-electron chi connectivity index (χ0n) is 18.2. The molecule has 0 aliphatic carbocycles. The third-order valence-electron chi connectivity index (χ3n) is 5.01. The third kappa shape index (κ3) is 6.35. The predicted molar refractivity (Wildman–Crippen MR) is 139 cm³/mol. The Morgan fingerprint density at radius 2 is 1.46 bits per heavy atom. The van der Waals surface area contributed by atoms with Crippen molar-refractivity contribution in [3.05, 3.63) is 124 Å². The minimum absolute atomic E-state index is 0.0491. The van der Waals surface area contributed by atoms with E-state index in [2.05, 4.69) is 26.6 Å². The van der Waals surface area contributed by atoms with E-state index in [0.29, 0.717) is 10.2 Å². The number of anilines is 2. The molecule has 4 nitrogen and oxygen atoms in total. The molecule has 2 amide bonds. The van der Waals surface area contributed by atoms with Gasteiger partial charge in [0, 0.05) is 15.1 Å². The van der Waals surface area contributed by atoms with E-state index in [4.69, 9.17) is 0 Å². The van der Waals surface area contributed by atoms with Gasteiger partial charge in [-0.3, -0.25) is 9.59 Å². The fourth-order valence-corrected chi connectivity index (χ4v) is 4.64. The van der Waals surface area contributed by atoms with Gasteiger partial charge in [0.1, 0.15) is 16.9 Å². The maximum Gasteiger partial charge on any atom is 0.258 e. The Morgan fingerprint density at radius 1 is 0.771 bits per heavy atom. The van der Waals surface area contributed by atoms with Gasteiger partial charge in [-0.15, -0.1) is 11.8 Å². The number of carbonyl (C=O) groups is 2. The number of hydrogen-bond acceptors (Lipinski definition) is 3. The van der Waals surface area contributed by atoms with Gasteiger partial charge in [-0.1, -0.05) is 58.4 Å². The molecule has 2 N–H and O–H groups in total. The van der Waals surface area contributed by atoms with Gasteiger partial charge < -0.3 is 10.6 Å². The average Bonchev–Trinajstić information content (AvgIpc) is 2.86. The average molecular weight is 553 g/mol. The third-order valence-corrected chi connectivity index (χ3v) is 6.77. The van der Waals surface area contributed by atoms with Crippen LogP contribution in [0.5, 0.6) is 0 Å². The summed E-state index contributed by atoms with van der Waals surface area (Å²) in [6.45, 7) is 0. The van der Waals surface area contributed by atoms with E-state index in [1.807, 2.05) is 30.3 Å². The van der Waals surface area contributed by atoms with Gasteiger partial charge in [0.2, 0.25) is 5.91 Å². The van der Waals surface area contributed by atoms with Gasteiger partial charge >= 0.3 is 0 Å². The van der Waals surface area contributed by atoms with Crippen molar-refractivity contribution in [2.75, 3.05) is 10.6 Å². The van der Waals surface area contributed by atoms with Crippen molar-refractivity contribution in [2.24, 2.45) is 0 Å². The summed E-state index contributed by atoms with van der Waals surface area (Å²) < 4.78 is 28.7. The first-order valence-corrected chi connectivity index (χ1v) is 12.2. The van der Waals surface area contributed by atoms with E-state index in [9.17, 15) is 18.4 Å². The molecule has 35 heavy (non-hydrogen) atoms. The van der Waals surface area contributed by atoms with E-state index >= 15 is 0 Å². The lowest BCUT2D eigenvalue weighted by molar-refractivity contribution is -0.115. The van der Waals surface area contributed by atoms with Crippen LogP contribution in [0, 0.1) is 11.6 Å². The van der Waals surface area contributed by atoms with E-state index in [0.717, 1.165) is 10.5 Å². The highest BCUT2D eigenvalue weighted by Gasteiger charge is 2.23. The molecule has 0 saturated heterocycles. The zero-order chi connectivity index (χ0) is 24.8. The molecule has 0 aromatic heterocycles. The van der Waals surface area contributed by atoms with Crippen LogP contribution in [0.2, 0.25) is 0 Å². The van der Waals surface area contributed by atoms with Gasteiger partial charge in [0.15, 0.2) is 0 Å². The van der Waals surface area contributed by atoms with Crippen molar-refractivity contribution < 1.29 is 18.4 Å². The molecule has 0 aliphatic rings. The van der Waals surface area contributed by atoms with Crippen LogP contribution in [0.15, 0.2) is 106 Å². The lowest BCUT2D eigenvalue weighted by Crippen LogP contribution is -2.19. The molecule has 8 heteroatoms. The maximum absolute atomic E-state index is 14.3. The number of halogens is 3. The topological polar surface area (TPSA) is 58.2 Å². The second kappa shape index (κ2) is 11.3. The zero-order valence-corrected chi connectivity index (χ0v) is 20.6. The molecular formula is C27H19BrF2N2O2S. The molecule has 0 spiro atoms. The molecule has 0 heterocycles. The number of rotatable bonds is 7. The first-order chi connectivity index (χ1) is 16.9. The smallest absolute Gasteiger partial charge is 0.258 e. The first kappa shape index (κ1) is 24.6. The highest BCUT2D eigenvalue weighted by Crippen LogP contribution is 2.37. The second-order valence-electron chi connectivity index (χ2n) is 7.48. The molecule has 0 fully saturated rings. The van der Waals surface area contributed by atoms with Gasteiger partial charge in [0.25, 0.3) is 5.91 Å². The van der Waals surface area contributed by atoms with Crippen LogP contribution >= 0.6 is 27.7 Å². The fraction of sp³-hybridized carbons (Fsp3) is 0.0370. The molecule has 0 saturated carbocycles. The van der Waals surface area contributed by atoms with Crippen LogP contribution in [0.3, 0.4) is 0 Å². The number of nitrogens with one attached hydrogen (secondary N) is 2. The van der Waals surface area contributed by atoms with Crippen molar-refractivity contribution in [3.8, 4) is 0 Å². The monoisotopic (exact) mass is 552 g/mol. The summed E-state index contributed by atoms with van der Waals surface area (Å²) in [6, 6.07) is 26.2. The summed E-state index contributed by atoms with van der Waals surface area (Å²) in [5.74, 6) is -2.07. The summed E-state index contributed by atoms with van der Waals surface area (Å²) in [6.07, 6.45) is 0. The Morgan fingerprint density at radius 3 is 2.14 bits per heavy atom. The van der Waals surface area contributed by atoms with Crippen LogP contribution in [-0.4, -0.2) is 11.8 Å². The molecule has 0 radical (unpaired) electrons. The molecule has 4 aromatic carbocycles. The molecule has 0 aliphatic heterocycles. The van der Waals surface area contributed by atoms with Crippen LogP contribution in [-0.2, 0) is 4.79 Å². The Bertz CT molecular complexity index is 1350. The largest absolute Gasteiger partial charge is 0.322 e. The van der Waals surface area contributed by atoms with Gasteiger partial charge in [-0.2, -0.15) is 0 Å². The van der Waals surface area contributed by atoms with E-state index in [-0.39, 0.29) is 17.2 Å². The highest BCUT2D eigenvalue weighted by molar-refractivity contribution is 9.10. The Kier molecular flexibility index (Phi) is 7.94.